The lowest BCUT2D eigenvalue weighted by molar-refractivity contribution is -0.143. The van der Waals surface area contributed by atoms with Gasteiger partial charge in [0, 0.05) is 0 Å². The van der Waals surface area contributed by atoms with E-state index in [0.29, 0.717) is 31.4 Å². The molecule has 2 heterocycles. The number of ether oxygens (including phenoxy) is 1. The first-order chi connectivity index (χ1) is 13.2. The Bertz CT molecular complexity index is 1200. The van der Waals surface area contributed by atoms with Crippen molar-refractivity contribution in [1.82, 2.24) is 9.13 Å². The van der Waals surface area contributed by atoms with Gasteiger partial charge in [-0.15, -0.1) is 11.3 Å². The molecule has 0 bridgehead atoms. The first kappa shape index (κ1) is 21.1. The molecule has 0 aliphatic heterocycles. The summed E-state index contributed by atoms with van der Waals surface area (Å²) in [4.78, 5) is 38.6. The smallest absolute Gasteiger partial charge is 0.332 e. The van der Waals surface area contributed by atoms with Gasteiger partial charge in [0.2, 0.25) is 0 Å². The third-order valence-electron chi connectivity index (χ3n) is 4.15. The maximum atomic E-state index is 13.1. The number of rotatable bonds is 5. The number of nitrogens with zero attached hydrogens (tertiary/aromatic N) is 2. The maximum absolute atomic E-state index is 13.1. The molecule has 0 aliphatic rings. The van der Waals surface area contributed by atoms with E-state index >= 15 is 0 Å². The largest absolute Gasteiger partial charge is 0.465 e. The van der Waals surface area contributed by atoms with Gasteiger partial charge in [0.05, 0.1) is 32.4 Å². The second-order valence-electron chi connectivity index (χ2n) is 5.99. The lowest BCUT2D eigenvalue weighted by Gasteiger charge is -2.12. The van der Waals surface area contributed by atoms with Crippen molar-refractivity contribution in [3.8, 4) is 0 Å². The van der Waals surface area contributed by atoms with E-state index in [1.54, 1.807) is 32.0 Å². The summed E-state index contributed by atoms with van der Waals surface area (Å²) in [5.74, 6) is -0.548. The highest BCUT2D eigenvalue weighted by atomic mass is 79.9. The number of fused-ring (bicyclic) bond motifs is 1. The van der Waals surface area contributed by atoms with Crippen molar-refractivity contribution in [2.24, 2.45) is 0 Å². The zero-order chi connectivity index (χ0) is 20.6. The average Bonchev–Trinajstić information content (AvgIpc) is 2.94. The highest BCUT2D eigenvalue weighted by molar-refractivity contribution is 9.11. The van der Waals surface area contributed by atoms with E-state index in [1.807, 2.05) is 0 Å². The van der Waals surface area contributed by atoms with Crippen LogP contribution in [0, 0.1) is 6.92 Å². The molecule has 0 fully saturated rings. The predicted octanol–water partition coefficient (Wildman–Crippen LogP) is 4.21. The minimum atomic E-state index is -0.592. The number of thiophene rings is 1. The summed E-state index contributed by atoms with van der Waals surface area (Å²) in [5, 5.41) is 1.10. The number of halogens is 3. The lowest BCUT2D eigenvalue weighted by Crippen LogP contribution is -2.41. The Kier molecular flexibility index (Phi) is 6.34. The van der Waals surface area contributed by atoms with Gasteiger partial charge in [-0.05, 0) is 53.0 Å². The van der Waals surface area contributed by atoms with Crippen LogP contribution >= 0.6 is 50.5 Å². The number of carbonyl (C=O) groups excluding carboxylic acids is 1. The summed E-state index contributed by atoms with van der Waals surface area (Å²) in [5.41, 5.74) is 0.337. The summed E-state index contributed by atoms with van der Waals surface area (Å²) in [6, 6.07) is 4.90. The molecule has 10 heteroatoms. The Hall–Kier alpha value is -1.61. The van der Waals surface area contributed by atoms with Crippen molar-refractivity contribution in [2.75, 3.05) is 6.61 Å². The van der Waals surface area contributed by atoms with Gasteiger partial charge in [0.1, 0.15) is 11.4 Å². The molecule has 148 valence electrons. The molecule has 28 heavy (non-hydrogen) atoms. The second kappa shape index (κ2) is 8.41. The van der Waals surface area contributed by atoms with Gasteiger partial charge in [-0.3, -0.25) is 18.7 Å². The van der Waals surface area contributed by atoms with Gasteiger partial charge in [-0.25, -0.2) is 4.79 Å². The van der Waals surface area contributed by atoms with Crippen LogP contribution in [-0.2, 0) is 22.6 Å². The fraction of sp³-hybridized carbons (Fsp3) is 0.278. The summed E-state index contributed by atoms with van der Waals surface area (Å²) in [7, 11) is 0. The molecule has 1 aromatic carbocycles. The Morgan fingerprint density at radius 3 is 2.57 bits per heavy atom. The fourth-order valence-corrected chi connectivity index (χ4v) is 4.80. The van der Waals surface area contributed by atoms with Crippen LogP contribution in [-0.4, -0.2) is 21.7 Å². The number of aryl methyl sites for hydroxylation is 1. The van der Waals surface area contributed by atoms with E-state index in [0.717, 1.165) is 8.35 Å². The van der Waals surface area contributed by atoms with Crippen LogP contribution < -0.4 is 11.2 Å². The van der Waals surface area contributed by atoms with Crippen molar-refractivity contribution in [3.05, 3.63) is 64.0 Å². The van der Waals surface area contributed by atoms with Crippen molar-refractivity contribution < 1.29 is 9.53 Å². The van der Waals surface area contributed by atoms with E-state index < -0.39 is 17.2 Å². The molecule has 0 N–H and O–H groups in total. The highest BCUT2D eigenvalue weighted by Gasteiger charge is 2.21. The molecule has 0 saturated heterocycles. The predicted molar refractivity (Wildman–Crippen MR) is 115 cm³/mol. The quantitative estimate of drug-likeness (QED) is 0.487. The Balaban J connectivity index is 2.23. The zero-order valence-electron chi connectivity index (χ0n) is 14.9. The third-order valence-corrected chi connectivity index (χ3v) is 7.08. The van der Waals surface area contributed by atoms with E-state index in [2.05, 4.69) is 15.9 Å². The Morgan fingerprint density at radius 1 is 1.21 bits per heavy atom. The molecule has 0 unspecified atom stereocenters. The Morgan fingerprint density at radius 2 is 1.93 bits per heavy atom. The van der Waals surface area contributed by atoms with Crippen molar-refractivity contribution in [2.45, 2.75) is 26.9 Å². The highest BCUT2D eigenvalue weighted by Crippen LogP contribution is 2.32. The lowest BCUT2D eigenvalue weighted by atomic mass is 10.2. The van der Waals surface area contributed by atoms with Crippen LogP contribution in [0.15, 0.2) is 31.6 Å². The summed E-state index contributed by atoms with van der Waals surface area (Å²) in [6.07, 6.45) is 0. The molecule has 3 aromatic rings. The number of carbonyl (C=O) groups is 1. The van der Waals surface area contributed by atoms with Gasteiger partial charge >= 0.3 is 11.7 Å². The molecule has 0 amide bonds. The molecule has 0 aliphatic carbocycles. The Labute approximate surface area is 182 Å². The number of benzene rings is 1. The van der Waals surface area contributed by atoms with Crippen LogP contribution in [0.25, 0.3) is 10.2 Å². The molecular formula is C18H15BrCl2N2O4S. The van der Waals surface area contributed by atoms with Crippen molar-refractivity contribution >= 4 is 66.7 Å². The zero-order valence-corrected chi connectivity index (χ0v) is 18.8. The van der Waals surface area contributed by atoms with E-state index in [9.17, 15) is 14.4 Å². The number of esters is 1. The standard InChI is InChI=1S/C18H15BrCl2N2O4S/c1-3-27-13(24)8-23-17-14(9(2)15(19)28-17)16(25)22(18(23)26)7-10-4-5-11(20)12(21)6-10/h4-6H,3,7-8H2,1-2H3. The van der Waals surface area contributed by atoms with Gasteiger partial charge in [-0.1, -0.05) is 29.3 Å². The van der Waals surface area contributed by atoms with E-state index in [-0.39, 0.29) is 19.7 Å². The number of aromatic nitrogens is 2. The van der Waals surface area contributed by atoms with Crippen LogP contribution in [0.5, 0.6) is 0 Å². The first-order valence-electron chi connectivity index (χ1n) is 8.26. The third kappa shape index (κ3) is 3.91. The minimum Gasteiger partial charge on any atom is -0.465 e. The topological polar surface area (TPSA) is 70.3 Å². The van der Waals surface area contributed by atoms with Gasteiger partial charge in [0.25, 0.3) is 5.56 Å². The normalized spacial score (nSPS) is 11.2. The minimum absolute atomic E-state index is 0.000225. The van der Waals surface area contributed by atoms with Crippen LogP contribution in [0.4, 0.5) is 0 Å². The molecule has 0 radical (unpaired) electrons. The molecule has 6 nitrogen and oxygen atoms in total. The van der Waals surface area contributed by atoms with Crippen LogP contribution in [0.2, 0.25) is 10.0 Å². The fourth-order valence-electron chi connectivity index (χ4n) is 2.80. The van der Waals surface area contributed by atoms with Crippen LogP contribution in [0.1, 0.15) is 18.1 Å². The summed E-state index contributed by atoms with van der Waals surface area (Å²) in [6.45, 7) is 3.39. The van der Waals surface area contributed by atoms with E-state index in [4.69, 9.17) is 27.9 Å². The molecule has 3 rings (SSSR count). The molecule has 0 spiro atoms. The first-order valence-corrected chi connectivity index (χ1v) is 10.6. The molecule has 0 atom stereocenters. The van der Waals surface area contributed by atoms with Crippen molar-refractivity contribution in [1.29, 1.82) is 0 Å². The summed E-state index contributed by atoms with van der Waals surface area (Å²) < 4.78 is 8.07. The average molecular weight is 506 g/mol. The van der Waals surface area contributed by atoms with Gasteiger partial charge < -0.3 is 4.74 Å². The van der Waals surface area contributed by atoms with Gasteiger partial charge in [0.15, 0.2) is 0 Å². The SMILES string of the molecule is CCOC(=O)Cn1c(=O)n(Cc2ccc(Cl)c(Cl)c2)c(=O)c2c(C)c(Br)sc21. The van der Waals surface area contributed by atoms with Crippen LogP contribution in [0.3, 0.4) is 0 Å². The van der Waals surface area contributed by atoms with Crippen molar-refractivity contribution in [3.63, 3.8) is 0 Å². The number of hydrogen-bond acceptors (Lipinski definition) is 5. The molecule has 0 saturated carbocycles. The van der Waals surface area contributed by atoms with Gasteiger partial charge in [-0.2, -0.15) is 0 Å². The molecule has 2 aromatic heterocycles. The second-order valence-corrected chi connectivity index (χ2v) is 9.13. The number of hydrogen-bond donors (Lipinski definition) is 0. The summed E-state index contributed by atoms with van der Waals surface area (Å²) >= 11 is 16.6. The monoisotopic (exact) mass is 504 g/mol. The maximum Gasteiger partial charge on any atom is 0.332 e. The molecular weight excluding hydrogens is 491 g/mol. The van der Waals surface area contributed by atoms with E-state index in [1.165, 1.54) is 15.9 Å².